The van der Waals surface area contributed by atoms with E-state index >= 15 is 0 Å². The van der Waals surface area contributed by atoms with Crippen molar-refractivity contribution in [2.24, 2.45) is 7.05 Å². The minimum absolute atomic E-state index is 0.363. The summed E-state index contributed by atoms with van der Waals surface area (Å²) in [7, 11) is 1.98. The van der Waals surface area contributed by atoms with Gasteiger partial charge in [-0.3, -0.25) is 0 Å². The molecule has 1 saturated heterocycles. The highest BCUT2D eigenvalue weighted by Gasteiger charge is 2.23. The van der Waals surface area contributed by atoms with E-state index in [0.29, 0.717) is 11.7 Å². The number of rotatable bonds is 2. The molecule has 0 bridgehead atoms. The molecule has 2 aromatic heterocycles. The van der Waals surface area contributed by atoms with Crippen molar-refractivity contribution in [2.75, 3.05) is 13.1 Å². The summed E-state index contributed by atoms with van der Waals surface area (Å²) in [4.78, 5) is 9.18. The first-order chi connectivity index (χ1) is 10.3. The van der Waals surface area contributed by atoms with E-state index in [1.807, 2.05) is 35.9 Å². The molecule has 1 aliphatic rings. The Balaban J connectivity index is 1.72. The number of nitrogens with zero attached hydrogens (tertiary/aromatic N) is 4. The first kappa shape index (κ1) is 12.5. The van der Waals surface area contributed by atoms with Gasteiger partial charge in [-0.25, -0.2) is 4.98 Å². The Bertz CT molecular complexity index is 769. The normalized spacial score (nSPS) is 16.6. The third-order valence-corrected chi connectivity index (χ3v) is 4.12. The SMILES string of the molecule is Cn1c(-c2noc(C3CCNCC3)n2)nc2ccccc21. The molecule has 6 nitrogen and oxygen atoms in total. The summed E-state index contributed by atoms with van der Waals surface area (Å²) < 4.78 is 7.47. The van der Waals surface area contributed by atoms with Crippen LogP contribution in [0.15, 0.2) is 28.8 Å². The topological polar surface area (TPSA) is 68.8 Å². The van der Waals surface area contributed by atoms with Crippen LogP contribution in [0.2, 0.25) is 0 Å². The summed E-state index contributed by atoms with van der Waals surface area (Å²) >= 11 is 0. The molecule has 0 saturated carbocycles. The van der Waals surface area contributed by atoms with E-state index in [1.54, 1.807) is 0 Å². The number of imidazole rings is 1. The number of hydrogen-bond acceptors (Lipinski definition) is 5. The van der Waals surface area contributed by atoms with Gasteiger partial charge >= 0.3 is 0 Å². The molecule has 6 heteroatoms. The van der Waals surface area contributed by atoms with Gasteiger partial charge in [-0.2, -0.15) is 4.98 Å². The lowest BCUT2D eigenvalue weighted by Gasteiger charge is -2.18. The lowest BCUT2D eigenvalue weighted by Crippen LogP contribution is -2.26. The number of para-hydroxylation sites is 2. The number of nitrogens with one attached hydrogen (secondary N) is 1. The zero-order chi connectivity index (χ0) is 14.2. The smallest absolute Gasteiger partial charge is 0.238 e. The molecule has 1 fully saturated rings. The van der Waals surface area contributed by atoms with Crippen LogP contribution < -0.4 is 5.32 Å². The van der Waals surface area contributed by atoms with E-state index in [9.17, 15) is 0 Å². The standard InChI is InChI=1S/C15H17N5O/c1-20-12-5-3-2-4-11(12)17-14(20)13-18-15(21-19-13)10-6-8-16-9-7-10/h2-5,10,16H,6-9H2,1H3. The van der Waals surface area contributed by atoms with Gasteiger partial charge in [0, 0.05) is 13.0 Å². The van der Waals surface area contributed by atoms with Crippen molar-refractivity contribution in [3.63, 3.8) is 0 Å². The van der Waals surface area contributed by atoms with Crippen LogP contribution in [-0.2, 0) is 7.05 Å². The van der Waals surface area contributed by atoms with E-state index in [1.165, 1.54) is 0 Å². The molecule has 21 heavy (non-hydrogen) atoms. The molecule has 0 unspecified atom stereocenters. The Kier molecular flexibility index (Phi) is 2.96. The molecule has 1 aromatic carbocycles. The van der Waals surface area contributed by atoms with Crippen LogP contribution in [0, 0.1) is 0 Å². The third-order valence-electron chi connectivity index (χ3n) is 4.12. The van der Waals surface area contributed by atoms with E-state index in [0.717, 1.165) is 48.7 Å². The number of fused-ring (bicyclic) bond motifs is 1. The highest BCUT2D eigenvalue weighted by atomic mass is 16.5. The fraction of sp³-hybridized carbons (Fsp3) is 0.400. The highest BCUT2D eigenvalue weighted by molar-refractivity contribution is 5.79. The average molecular weight is 283 g/mol. The molecule has 0 spiro atoms. The molecule has 0 aliphatic carbocycles. The van der Waals surface area contributed by atoms with Crippen LogP contribution >= 0.6 is 0 Å². The summed E-state index contributed by atoms with van der Waals surface area (Å²) in [6, 6.07) is 8.02. The Morgan fingerprint density at radius 3 is 2.81 bits per heavy atom. The molecule has 1 aliphatic heterocycles. The molecule has 0 radical (unpaired) electrons. The van der Waals surface area contributed by atoms with Crippen LogP contribution in [0.25, 0.3) is 22.7 Å². The zero-order valence-electron chi connectivity index (χ0n) is 11.9. The lowest BCUT2D eigenvalue weighted by molar-refractivity contribution is 0.320. The van der Waals surface area contributed by atoms with Gasteiger partial charge in [0.25, 0.3) is 0 Å². The van der Waals surface area contributed by atoms with Crippen LogP contribution in [0.5, 0.6) is 0 Å². The second-order valence-electron chi connectivity index (χ2n) is 5.46. The predicted molar refractivity (Wildman–Crippen MR) is 78.9 cm³/mol. The summed E-state index contributed by atoms with van der Waals surface area (Å²) in [5.74, 6) is 2.42. The van der Waals surface area contributed by atoms with Gasteiger partial charge in [0.15, 0.2) is 5.82 Å². The van der Waals surface area contributed by atoms with Gasteiger partial charge in [0.2, 0.25) is 11.7 Å². The molecule has 108 valence electrons. The molecular weight excluding hydrogens is 266 g/mol. The Morgan fingerprint density at radius 2 is 2.00 bits per heavy atom. The fourth-order valence-corrected chi connectivity index (χ4v) is 2.91. The second-order valence-corrected chi connectivity index (χ2v) is 5.46. The van der Waals surface area contributed by atoms with E-state index in [4.69, 9.17) is 4.52 Å². The second kappa shape index (κ2) is 4.96. The van der Waals surface area contributed by atoms with Crippen molar-refractivity contribution >= 4 is 11.0 Å². The van der Waals surface area contributed by atoms with Crippen LogP contribution in [0.1, 0.15) is 24.7 Å². The summed E-state index contributed by atoms with van der Waals surface area (Å²) in [6.07, 6.45) is 2.09. The van der Waals surface area contributed by atoms with Crippen molar-refractivity contribution in [1.29, 1.82) is 0 Å². The minimum Gasteiger partial charge on any atom is -0.339 e. The average Bonchev–Trinajstić information content (AvgIpc) is 3.14. The third kappa shape index (κ3) is 2.12. The summed E-state index contributed by atoms with van der Waals surface area (Å²) in [5.41, 5.74) is 2.02. The summed E-state index contributed by atoms with van der Waals surface area (Å²) in [6.45, 7) is 2.02. The van der Waals surface area contributed by atoms with Crippen molar-refractivity contribution in [1.82, 2.24) is 25.0 Å². The molecule has 3 heterocycles. The molecule has 1 N–H and O–H groups in total. The Morgan fingerprint density at radius 1 is 1.19 bits per heavy atom. The largest absolute Gasteiger partial charge is 0.339 e. The minimum atomic E-state index is 0.363. The highest BCUT2D eigenvalue weighted by Crippen LogP contribution is 2.27. The molecule has 0 atom stereocenters. The van der Waals surface area contributed by atoms with Crippen LogP contribution in [0.3, 0.4) is 0 Å². The number of aromatic nitrogens is 4. The van der Waals surface area contributed by atoms with Crippen LogP contribution in [0.4, 0.5) is 0 Å². The molecule has 0 amide bonds. The van der Waals surface area contributed by atoms with Crippen molar-refractivity contribution < 1.29 is 4.52 Å². The fourth-order valence-electron chi connectivity index (χ4n) is 2.91. The summed E-state index contributed by atoms with van der Waals surface area (Å²) in [5, 5.41) is 7.47. The van der Waals surface area contributed by atoms with Gasteiger partial charge < -0.3 is 14.4 Å². The van der Waals surface area contributed by atoms with Gasteiger partial charge in [-0.05, 0) is 38.1 Å². The molecule has 3 aromatic rings. The predicted octanol–water partition coefficient (Wildman–Crippen LogP) is 2.09. The maximum atomic E-state index is 5.47. The van der Waals surface area contributed by atoms with Crippen LogP contribution in [-0.4, -0.2) is 32.8 Å². The first-order valence-electron chi connectivity index (χ1n) is 7.29. The Labute approximate surface area is 122 Å². The van der Waals surface area contributed by atoms with Gasteiger partial charge in [0.05, 0.1) is 11.0 Å². The lowest BCUT2D eigenvalue weighted by atomic mass is 9.98. The number of aryl methyl sites for hydroxylation is 1. The Hall–Kier alpha value is -2.21. The maximum Gasteiger partial charge on any atom is 0.238 e. The number of hydrogen-bond donors (Lipinski definition) is 1. The molecular formula is C15H17N5O. The zero-order valence-corrected chi connectivity index (χ0v) is 11.9. The van der Waals surface area contributed by atoms with Gasteiger partial charge in [-0.15, -0.1) is 0 Å². The van der Waals surface area contributed by atoms with E-state index < -0.39 is 0 Å². The van der Waals surface area contributed by atoms with Gasteiger partial charge in [-0.1, -0.05) is 17.3 Å². The van der Waals surface area contributed by atoms with Gasteiger partial charge in [0.1, 0.15) is 0 Å². The van der Waals surface area contributed by atoms with E-state index in [-0.39, 0.29) is 0 Å². The number of piperidine rings is 1. The molecule has 4 rings (SSSR count). The maximum absolute atomic E-state index is 5.47. The van der Waals surface area contributed by atoms with Crippen molar-refractivity contribution in [2.45, 2.75) is 18.8 Å². The van der Waals surface area contributed by atoms with E-state index in [2.05, 4.69) is 20.4 Å². The monoisotopic (exact) mass is 283 g/mol. The number of benzene rings is 1. The van der Waals surface area contributed by atoms with Crippen molar-refractivity contribution in [3.8, 4) is 11.6 Å². The quantitative estimate of drug-likeness (QED) is 0.780. The van der Waals surface area contributed by atoms with Crippen molar-refractivity contribution in [3.05, 3.63) is 30.2 Å². The first-order valence-corrected chi connectivity index (χ1v) is 7.29.